The Kier molecular flexibility index (Phi) is 1.50. The van der Waals surface area contributed by atoms with Crippen LogP contribution >= 0.6 is 0 Å². The molecule has 0 aromatic rings. The largest absolute Gasteiger partial charge is 0.465 e. The molecule has 4 fully saturated rings. The van der Waals surface area contributed by atoms with E-state index in [2.05, 4.69) is 6.92 Å². The van der Waals surface area contributed by atoms with Crippen LogP contribution in [-0.4, -0.2) is 12.6 Å². The fraction of sp³-hybridized carbons (Fsp3) is 0.909. The number of hydrogen-bond donors (Lipinski definition) is 0. The highest BCUT2D eigenvalue weighted by Crippen LogP contribution is 2.54. The molecule has 1 heterocycles. The summed E-state index contributed by atoms with van der Waals surface area (Å²) in [5.74, 6) is 3.16. The molecular formula is C11H16O2. The van der Waals surface area contributed by atoms with Gasteiger partial charge in [0.15, 0.2) is 0 Å². The first-order chi connectivity index (χ1) is 6.27. The maximum atomic E-state index is 11.5. The van der Waals surface area contributed by atoms with Crippen LogP contribution in [0.2, 0.25) is 0 Å². The normalized spacial score (nSPS) is 53.3. The summed E-state index contributed by atoms with van der Waals surface area (Å²) in [5.41, 5.74) is 0. The Labute approximate surface area is 78.6 Å². The Morgan fingerprint density at radius 3 is 2.92 bits per heavy atom. The second kappa shape index (κ2) is 2.49. The van der Waals surface area contributed by atoms with E-state index in [1.165, 1.54) is 19.3 Å². The lowest BCUT2D eigenvalue weighted by atomic mass is 9.56. The molecule has 2 heteroatoms. The summed E-state index contributed by atoms with van der Waals surface area (Å²) in [4.78, 5) is 11.5. The third-order valence-electron chi connectivity index (χ3n) is 4.49. The molecule has 4 rings (SSSR count). The number of esters is 1. The maximum Gasteiger partial charge on any atom is 0.309 e. The van der Waals surface area contributed by atoms with E-state index >= 15 is 0 Å². The molecule has 0 aromatic carbocycles. The molecule has 5 atom stereocenters. The molecule has 2 nitrogen and oxygen atoms in total. The molecule has 2 bridgehead atoms. The van der Waals surface area contributed by atoms with Gasteiger partial charge >= 0.3 is 5.97 Å². The standard InChI is InChI=1S/C11H16O2/c1-6-4-7-2-3-8(6)10-9(7)5-13-11(10)12/h6-10H,2-5H2,1H3/t6-,7?,8?,9?,10?/m0/s1. The zero-order valence-electron chi connectivity index (χ0n) is 8.03. The van der Waals surface area contributed by atoms with Gasteiger partial charge in [-0.05, 0) is 37.0 Å². The van der Waals surface area contributed by atoms with Gasteiger partial charge in [0.1, 0.15) is 0 Å². The van der Waals surface area contributed by atoms with Crippen LogP contribution in [0.1, 0.15) is 26.2 Å². The summed E-state index contributed by atoms with van der Waals surface area (Å²) in [5, 5.41) is 0. The van der Waals surface area contributed by atoms with Gasteiger partial charge in [0.05, 0.1) is 12.5 Å². The minimum absolute atomic E-state index is 0.103. The maximum absolute atomic E-state index is 11.5. The van der Waals surface area contributed by atoms with Crippen LogP contribution < -0.4 is 0 Å². The minimum Gasteiger partial charge on any atom is -0.465 e. The summed E-state index contributed by atoms with van der Waals surface area (Å²) < 4.78 is 5.19. The third-order valence-corrected chi connectivity index (χ3v) is 4.49. The third kappa shape index (κ3) is 0.918. The van der Waals surface area contributed by atoms with Gasteiger partial charge in [-0.1, -0.05) is 6.92 Å². The Bertz CT molecular complexity index is 248. The molecule has 0 N–H and O–H groups in total. The molecule has 0 aromatic heterocycles. The van der Waals surface area contributed by atoms with Crippen molar-refractivity contribution in [2.24, 2.45) is 29.6 Å². The van der Waals surface area contributed by atoms with E-state index in [1.54, 1.807) is 0 Å². The monoisotopic (exact) mass is 180 g/mol. The topological polar surface area (TPSA) is 26.3 Å². The van der Waals surface area contributed by atoms with E-state index < -0.39 is 0 Å². The van der Waals surface area contributed by atoms with Crippen molar-refractivity contribution in [3.8, 4) is 0 Å². The molecule has 4 aliphatic rings. The van der Waals surface area contributed by atoms with Crippen LogP contribution in [0.4, 0.5) is 0 Å². The number of fused-ring (bicyclic) bond motifs is 2. The molecular weight excluding hydrogens is 164 g/mol. The van der Waals surface area contributed by atoms with E-state index in [-0.39, 0.29) is 11.9 Å². The Hall–Kier alpha value is -0.530. The van der Waals surface area contributed by atoms with Crippen LogP contribution in [0, 0.1) is 29.6 Å². The number of hydrogen-bond acceptors (Lipinski definition) is 2. The van der Waals surface area contributed by atoms with Crippen molar-refractivity contribution >= 4 is 5.97 Å². The molecule has 3 aliphatic carbocycles. The predicted molar refractivity (Wildman–Crippen MR) is 47.9 cm³/mol. The average Bonchev–Trinajstić information content (AvgIpc) is 2.51. The first kappa shape index (κ1) is 7.84. The van der Waals surface area contributed by atoms with Crippen molar-refractivity contribution < 1.29 is 9.53 Å². The highest BCUT2D eigenvalue weighted by Gasteiger charge is 2.54. The van der Waals surface area contributed by atoms with Gasteiger partial charge in [-0.3, -0.25) is 4.79 Å². The van der Waals surface area contributed by atoms with E-state index in [0.29, 0.717) is 11.8 Å². The Balaban J connectivity index is 1.95. The molecule has 1 aliphatic heterocycles. The Morgan fingerprint density at radius 1 is 1.31 bits per heavy atom. The first-order valence-corrected chi connectivity index (χ1v) is 5.44. The van der Waals surface area contributed by atoms with E-state index in [0.717, 1.165) is 18.4 Å². The van der Waals surface area contributed by atoms with E-state index in [1.807, 2.05) is 0 Å². The van der Waals surface area contributed by atoms with Gasteiger partial charge in [0, 0.05) is 5.92 Å². The second-order valence-electron chi connectivity index (χ2n) is 5.03. The van der Waals surface area contributed by atoms with Crippen LogP contribution in [0.25, 0.3) is 0 Å². The summed E-state index contributed by atoms with van der Waals surface area (Å²) in [6.45, 7) is 3.02. The fourth-order valence-electron chi connectivity index (χ4n) is 3.86. The number of carbonyl (C=O) groups is 1. The quantitative estimate of drug-likeness (QED) is 0.532. The number of carbonyl (C=O) groups excluding carboxylic acids is 1. The molecule has 1 saturated heterocycles. The average molecular weight is 180 g/mol. The summed E-state index contributed by atoms with van der Waals surface area (Å²) in [6.07, 6.45) is 3.94. The number of ether oxygens (including phenoxy) is 1. The van der Waals surface area contributed by atoms with Crippen molar-refractivity contribution in [1.29, 1.82) is 0 Å². The lowest BCUT2D eigenvalue weighted by Gasteiger charge is -2.47. The minimum atomic E-state index is 0.103. The summed E-state index contributed by atoms with van der Waals surface area (Å²) in [7, 11) is 0. The van der Waals surface area contributed by atoms with Crippen LogP contribution in [0.15, 0.2) is 0 Å². The van der Waals surface area contributed by atoms with Gasteiger partial charge in [-0.15, -0.1) is 0 Å². The smallest absolute Gasteiger partial charge is 0.309 e. The van der Waals surface area contributed by atoms with Crippen molar-refractivity contribution in [2.75, 3.05) is 6.61 Å². The SMILES string of the molecule is C[C@H]1CC2CCC1C1C(=O)OCC21. The van der Waals surface area contributed by atoms with E-state index in [9.17, 15) is 4.79 Å². The summed E-state index contributed by atoms with van der Waals surface area (Å²) in [6, 6.07) is 0. The van der Waals surface area contributed by atoms with Crippen molar-refractivity contribution in [3.63, 3.8) is 0 Å². The molecule has 0 spiro atoms. The van der Waals surface area contributed by atoms with Gasteiger partial charge in [-0.2, -0.15) is 0 Å². The molecule has 72 valence electrons. The number of rotatable bonds is 0. The van der Waals surface area contributed by atoms with Crippen LogP contribution in [0.5, 0.6) is 0 Å². The van der Waals surface area contributed by atoms with Crippen molar-refractivity contribution in [1.82, 2.24) is 0 Å². The second-order valence-corrected chi connectivity index (χ2v) is 5.03. The number of cyclic esters (lactones) is 1. The van der Waals surface area contributed by atoms with Gasteiger partial charge in [0.25, 0.3) is 0 Å². The Morgan fingerprint density at radius 2 is 2.15 bits per heavy atom. The molecule has 0 amide bonds. The predicted octanol–water partition coefficient (Wildman–Crippen LogP) is 1.84. The molecule has 4 unspecified atom stereocenters. The molecule has 3 saturated carbocycles. The lowest BCUT2D eigenvalue weighted by Crippen LogP contribution is -2.44. The van der Waals surface area contributed by atoms with E-state index in [4.69, 9.17) is 4.74 Å². The van der Waals surface area contributed by atoms with Gasteiger partial charge in [0.2, 0.25) is 0 Å². The summed E-state index contributed by atoms with van der Waals surface area (Å²) >= 11 is 0. The van der Waals surface area contributed by atoms with Gasteiger partial charge in [-0.25, -0.2) is 0 Å². The molecule has 0 radical (unpaired) electrons. The zero-order valence-corrected chi connectivity index (χ0v) is 8.03. The molecule has 13 heavy (non-hydrogen) atoms. The van der Waals surface area contributed by atoms with Crippen LogP contribution in [0.3, 0.4) is 0 Å². The zero-order chi connectivity index (χ0) is 9.00. The lowest BCUT2D eigenvalue weighted by molar-refractivity contribution is -0.145. The fourth-order valence-corrected chi connectivity index (χ4v) is 3.86. The van der Waals surface area contributed by atoms with Gasteiger partial charge < -0.3 is 4.74 Å². The highest BCUT2D eigenvalue weighted by molar-refractivity contribution is 5.75. The van der Waals surface area contributed by atoms with Crippen LogP contribution in [-0.2, 0) is 9.53 Å². The first-order valence-electron chi connectivity index (χ1n) is 5.44. The van der Waals surface area contributed by atoms with Crippen molar-refractivity contribution in [2.45, 2.75) is 26.2 Å². The highest BCUT2D eigenvalue weighted by atomic mass is 16.5. The van der Waals surface area contributed by atoms with Crippen molar-refractivity contribution in [3.05, 3.63) is 0 Å².